The van der Waals surface area contributed by atoms with Crippen LogP contribution in [0, 0.1) is 0 Å². The van der Waals surface area contributed by atoms with Crippen LogP contribution in [0.15, 0.2) is 18.2 Å². The minimum Gasteiger partial charge on any atom is -0.465 e. The predicted molar refractivity (Wildman–Crippen MR) is 125 cm³/mol. The van der Waals surface area contributed by atoms with Gasteiger partial charge in [0.25, 0.3) is 0 Å². The van der Waals surface area contributed by atoms with E-state index < -0.39 is 5.97 Å². The largest absolute Gasteiger partial charge is 0.465 e. The van der Waals surface area contributed by atoms with Gasteiger partial charge in [0.05, 0.1) is 12.1 Å². The van der Waals surface area contributed by atoms with Gasteiger partial charge in [0.2, 0.25) is 0 Å². The van der Waals surface area contributed by atoms with Crippen LogP contribution in [0.4, 0.5) is 5.69 Å². The van der Waals surface area contributed by atoms with Crippen LogP contribution in [0.5, 0.6) is 0 Å². The molecule has 0 amide bonds. The number of carbonyl (C=O) groups excluding carboxylic acids is 1. The highest BCUT2D eigenvalue weighted by atomic mass is 35.5. The predicted octanol–water partition coefficient (Wildman–Crippen LogP) is 6.77. The molecule has 1 aromatic carbocycles. The lowest BCUT2D eigenvalue weighted by molar-refractivity contribution is 0.0606. The van der Waals surface area contributed by atoms with E-state index in [1.807, 2.05) is 18.2 Å². The number of rotatable bonds is 11. The van der Waals surface area contributed by atoms with Gasteiger partial charge in [-0.3, -0.25) is 0 Å². The second-order valence-electron chi connectivity index (χ2n) is 6.80. The molecule has 0 radical (unpaired) electrons. The molecule has 0 spiro atoms. The lowest BCUT2D eigenvalue weighted by Crippen LogP contribution is -2.29. The van der Waals surface area contributed by atoms with Crippen molar-refractivity contribution in [2.45, 2.75) is 58.3 Å². The standard InChI is InChI=1S/C21H29ClN2O2S2/c1-3-4-5-6-7-8-9-10-13-23-21(27)24-15-11-12-16-17(14-15)28-19(18(16)22)20(25)26-2/h11-12,14H,3-10,13H2,1-2H3,(H2,23,24,27). The van der Waals surface area contributed by atoms with Crippen molar-refractivity contribution in [3.05, 3.63) is 28.1 Å². The SMILES string of the molecule is CCCCCCCCCCNC(=S)Nc1ccc2c(Cl)c(C(=O)OC)sc2c1. The molecule has 0 bridgehead atoms. The van der Waals surface area contributed by atoms with Crippen molar-refractivity contribution < 1.29 is 9.53 Å². The van der Waals surface area contributed by atoms with E-state index in [2.05, 4.69) is 17.6 Å². The van der Waals surface area contributed by atoms with Gasteiger partial charge >= 0.3 is 5.97 Å². The second-order valence-corrected chi connectivity index (χ2v) is 8.64. The first-order valence-electron chi connectivity index (χ1n) is 9.92. The zero-order chi connectivity index (χ0) is 20.4. The molecule has 4 nitrogen and oxygen atoms in total. The molecule has 0 fully saturated rings. The average Bonchev–Trinajstić information content (AvgIpc) is 3.02. The summed E-state index contributed by atoms with van der Waals surface area (Å²) in [4.78, 5) is 12.2. The van der Waals surface area contributed by atoms with Crippen LogP contribution in [0.25, 0.3) is 10.1 Å². The van der Waals surface area contributed by atoms with E-state index in [0.717, 1.165) is 28.7 Å². The number of unbranched alkanes of at least 4 members (excludes halogenated alkanes) is 7. The van der Waals surface area contributed by atoms with Gasteiger partial charge in [-0.25, -0.2) is 4.79 Å². The van der Waals surface area contributed by atoms with Gasteiger partial charge in [-0.2, -0.15) is 0 Å². The first kappa shape index (κ1) is 22.9. The minimum absolute atomic E-state index is 0.414. The van der Waals surface area contributed by atoms with Gasteiger partial charge in [-0.1, -0.05) is 63.5 Å². The van der Waals surface area contributed by atoms with E-state index in [1.165, 1.54) is 63.4 Å². The number of thiophene rings is 1. The van der Waals surface area contributed by atoms with Crippen molar-refractivity contribution in [1.82, 2.24) is 5.32 Å². The van der Waals surface area contributed by atoms with E-state index >= 15 is 0 Å². The fourth-order valence-electron chi connectivity index (χ4n) is 3.00. The van der Waals surface area contributed by atoms with E-state index in [4.69, 9.17) is 28.6 Å². The minimum atomic E-state index is -0.414. The van der Waals surface area contributed by atoms with E-state index in [9.17, 15) is 4.79 Å². The highest BCUT2D eigenvalue weighted by molar-refractivity contribution is 7.80. The molecule has 0 aliphatic carbocycles. The number of benzene rings is 1. The summed E-state index contributed by atoms with van der Waals surface area (Å²) < 4.78 is 5.70. The van der Waals surface area contributed by atoms with Crippen molar-refractivity contribution >= 4 is 62.0 Å². The Labute approximate surface area is 182 Å². The van der Waals surface area contributed by atoms with Crippen molar-refractivity contribution in [2.75, 3.05) is 19.0 Å². The smallest absolute Gasteiger partial charge is 0.349 e. The van der Waals surface area contributed by atoms with Crippen LogP contribution < -0.4 is 10.6 Å². The van der Waals surface area contributed by atoms with Gasteiger partial charge in [-0.05, 0) is 36.8 Å². The average molecular weight is 441 g/mol. The molecule has 2 N–H and O–H groups in total. The molecule has 1 heterocycles. The molecule has 7 heteroatoms. The van der Waals surface area contributed by atoms with Gasteiger partial charge in [-0.15, -0.1) is 11.3 Å². The van der Waals surface area contributed by atoms with Gasteiger partial charge in [0.1, 0.15) is 4.88 Å². The molecule has 1 aromatic heterocycles. The molecular formula is C21H29ClN2O2S2. The summed E-state index contributed by atoms with van der Waals surface area (Å²) >= 11 is 13.0. The van der Waals surface area contributed by atoms with Crippen LogP contribution in [0.2, 0.25) is 5.02 Å². The Morgan fingerprint density at radius 1 is 1.14 bits per heavy atom. The molecular weight excluding hydrogens is 412 g/mol. The van der Waals surface area contributed by atoms with Gasteiger partial charge < -0.3 is 15.4 Å². The summed E-state index contributed by atoms with van der Waals surface area (Å²) in [6.07, 6.45) is 10.4. The number of nitrogens with one attached hydrogen (secondary N) is 2. The Balaban J connectivity index is 1.75. The summed E-state index contributed by atoms with van der Waals surface area (Å²) in [6, 6.07) is 5.75. The number of anilines is 1. The quantitative estimate of drug-likeness (QED) is 0.229. The monoisotopic (exact) mass is 440 g/mol. The number of hydrogen-bond donors (Lipinski definition) is 2. The summed E-state index contributed by atoms with van der Waals surface area (Å²) in [5.41, 5.74) is 0.871. The molecule has 0 aliphatic rings. The Bertz CT molecular complexity index is 792. The fourth-order valence-corrected chi connectivity index (χ4v) is 4.69. The number of esters is 1. The van der Waals surface area contributed by atoms with Gasteiger partial charge in [0, 0.05) is 22.3 Å². The van der Waals surface area contributed by atoms with Crippen molar-refractivity contribution in [1.29, 1.82) is 0 Å². The summed E-state index contributed by atoms with van der Waals surface area (Å²) in [7, 11) is 1.35. The Kier molecular flexibility index (Phi) is 10.0. The number of methoxy groups -OCH3 is 1. The maximum absolute atomic E-state index is 11.8. The number of carbonyl (C=O) groups is 1. The summed E-state index contributed by atoms with van der Waals surface area (Å²) in [5.74, 6) is -0.414. The zero-order valence-corrected chi connectivity index (χ0v) is 19.0. The lowest BCUT2D eigenvalue weighted by Gasteiger charge is -2.10. The molecule has 2 rings (SSSR count). The first-order valence-corrected chi connectivity index (χ1v) is 11.5. The van der Waals surface area contributed by atoms with Crippen LogP contribution in [0.3, 0.4) is 0 Å². The van der Waals surface area contributed by atoms with Crippen LogP contribution in [-0.2, 0) is 4.74 Å². The number of halogens is 1. The van der Waals surface area contributed by atoms with Crippen LogP contribution >= 0.6 is 35.2 Å². The lowest BCUT2D eigenvalue weighted by atomic mass is 10.1. The maximum Gasteiger partial charge on any atom is 0.349 e. The van der Waals surface area contributed by atoms with E-state index in [-0.39, 0.29) is 0 Å². The highest BCUT2D eigenvalue weighted by Gasteiger charge is 2.17. The molecule has 0 saturated heterocycles. The number of ether oxygens (including phenoxy) is 1. The van der Waals surface area contributed by atoms with Gasteiger partial charge in [0.15, 0.2) is 5.11 Å². The Morgan fingerprint density at radius 3 is 2.50 bits per heavy atom. The molecule has 2 aromatic rings. The maximum atomic E-state index is 11.8. The Morgan fingerprint density at radius 2 is 1.82 bits per heavy atom. The first-order chi connectivity index (χ1) is 13.6. The molecule has 0 unspecified atom stereocenters. The van der Waals surface area contributed by atoms with E-state index in [0.29, 0.717) is 15.0 Å². The molecule has 28 heavy (non-hydrogen) atoms. The Hall–Kier alpha value is -1.37. The molecule has 0 saturated carbocycles. The van der Waals surface area contributed by atoms with Crippen LogP contribution in [0.1, 0.15) is 68.0 Å². The van der Waals surface area contributed by atoms with Crippen molar-refractivity contribution in [3.63, 3.8) is 0 Å². The van der Waals surface area contributed by atoms with Crippen molar-refractivity contribution in [3.8, 4) is 0 Å². The number of hydrogen-bond acceptors (Lipinski definition) is 4. The molecule has 0 aliphatic heterocycles. The second kappa shape index (κ2) is 12.2. The molecule has 0 atom stereocenters. The third-order valence-corrected chi connectivity index (χ3v) is 6.46. The third-order valence-electron chi connectivity index (χ3n) is 4.57. The highest BCUT2D eigenvalue weighted by Crippen LogP contribution is 2.37. The van der Waals surface area contributed by atoms with Crippen molar-refractivity contribution in [2.24, 2.45) is 0 Å². The fraction of sp³-hybridized carbons (Fsp3) is 0.524. The third kappa shape index (κ3) is 6.90. The van der Waals surface area contributed by atoms with E-state index in [1.54, 1.807) is 0 Å². The zero-order valence-electron chi connectivity index (χ0n) is 16.6. The topological polar surface area (TPSA) is 50.4 Å². The van der Waals surface area contributed by atoms with Crippen LogP contribution in [-0.4, -0.2) is 24.7 Å². The molecule has 154 valence electrons. The normalized spacial score (nSPS) is 10.8. The summed E-state index contributed by atoms with van der Waals surface area (Å²) in [6.45, 7) is 3.12. The number of thiocarbonyl (C=S) groups is 1. The number of fused-ring (bicyclic) bond motifs is 1. The summed E-state index contributed by atoms with van der Waals surface area (Å²) in [5, 5.41) is 8.35.